The van der Waals surface area contributed by atoms with Crippen LogP contribution in [0.25, 0.3) is 11.0 Å². The zero-order chi connectivity index (χ0) is 16.6. The number of aliphatic hydroxyl groups is 4. The maximum absolute atomic E-state index is 10.2. The van der Waals surface area contributed by atoms with Gasteiger partial charge in [0.25, 0.3) is 0 Å². The fraction of sp³-hybridized carbons (Fsp3) is 0.571. The first-order chi connectivity index (χ1) is 11.1. The Kier molecular flexibility index (Phi) is 4.46. The van der Waals surface area contributed by atoms with E-state index in [2.05, 4.69) is 9.97 Å². The van der Waals surface area contributed by atoms with Crippen molar-refractivity contribution >= 4 is 16.9 Å². The first-order valence-electron chi connectivity index (χ1n) is 7.41. The van der Waals surface area contributed by atoms with Crippen LogP contribution in [0.3, 0.4) is 0 Å². The van der Waals surface area contributed by atoms with Gasteiger partial charge in [-0.2, -0.15) is 0 Å². The zero-order valence-electron chi connectivity index (χ0n) is 12.4. The number of hydrogen-bond acceptors (Lipinski definition) is 8. The molecule has 1 aliphatic rings. The molecule has 4 unspecified atom stereocenters. The molecule has 1 saturated heterocycles. The number of hydrogen-bond donors (Lipinski definition) is 5. The summed E-state index contributed by atoms with van der Waals surface area (Å²) >= 11 is 0. The molecule has 0 saturated carbocycles. The Hall–Kier alpha value is -1.78. The molecule has 0 spiro atoms. The SMILES string of the molecule is Nc1ncnc2c1c(CCCO)cn2C1OC(CO)C(O)C1O. The van der Waals surface area contributed by atoms with E-state index >= 15 is 0 Å². The summed E-state index contributed by atoms with van der Waals surface area (Å²) in [4.78, 5) is 8.18. The number of fused-ring (bicyclic) bond motifs is 1. The lowest BCUT2D eigenvalue weighted by atomic mass is 10.1. The van der Waals surface area contributed by atoms with E-state index in [1.54, 1.807) is 10.8 Å². The van der Waals surface area contributed by atoms with Crippen LogP contribution in [0.4, 0.5) is 5.82 Å². The highest BCUT2D eigenvalue weighted by atomic mass is 16.6. The monoisotopic (exact) mass is 324 g/mol. The minimum Gasteiger partial charge on any atom is -0.396 e. The molecule has 0 bridgehead atoms. The first-order valence-corrected chi connectivity index (χ1v) is 7.41. The highest BCUT2D eigenvalue weighted by molar-refractivity contribution is 5.89. The van der Waals surface area contributed by atoms with Crippen LogP contribution in [0.5, 0.6) is 0 Å². The Labute approximate surface area is 132 Å². The summed E-state index contributed by atoms with van der Waals surface area (Å²) in [5, 5.41) is 39.0. The van der Waals surface area contributed by atoms with Gasteiger partial charge in [-0.05, 0) is 18.4 Å². The van der Waals surface area contributed by atoms with Crippen molar-refractivity contribution in [3.05, 3.63) is 18.1 Å². The second kappa shape index (κ2) is 6.38. The number of aromatic nitrogens is 3. The second-order valence-corrected chi connectivity index (χ2v) is 5.58. The third kappa shape index (κ3) is 2.66. The first kappa shape index (κ1) is 16.1. The second-order valence-electron chi connectivity index (χ2n) is 5.58. The van der Waals surface area contributed by atoms with E-state index in [0.717, 1.165) is 5.56 Å². The predicted molar refractivity (Wildman–Crippen MR) is 80.4 cm³/mol. The average molecular weight is 324 g/mol. The smallest absolute Gasteiger partial charge is 0.164 e. The van der Waals surface area contributed by atoms with Crippen LogP contribution in [0.15, 0.2) is 12.5 Å². The third-order valence-corrected chi connectivity index (χ3v) is 4.11. The molecule has 2 aromatic rings. The summed E-state index contributed by atoms with van der Waals surface area (Å²) in [7, 11) is 0. The summed E-state index contributed by atoms with van der Waals surface area (Å²) in [5.74, 6) is 0.299. The fourth-order valence-corrected chi connectivity index (χ4v) is 2.95. The Morgan fingerprint density at radius 3 is 2.65 bits per heavy atom. The molecule has 1 fully saturated rings. The van der Waals surface area contributed by atoms with Crippen molar-refractivity contribution < 1.29 is 25.2 Å². The quantitative estimate of drug-likeness (QED) is 0.449. The lowest BCUT2D eigenvalue weighted by Gasteiger charge is -2.17. The molecular weight excluding hydrogens is 304 g/mol. The van der Waals surface area contributed by atoms with Crippen molar-refractivity contribution in [3.8, 4) is 0 Å². The van der Waals surface area contributed by atoms with E-state index in [0.29, 0.717) is 29.7 Å². The van der Waals surface area contributed by atoms with Crippen molar-refractivity contribution in [3.63, 3.8) is 0 Å². The van der Waals surface area contributed by atoms with Gasteiger partial charge in [-0.1, -0.05) is 0 Å². The summed E-state index contributed by atoms with van der Waals surface area (Å²) in [6, 6.07) is 0. The van der Waals surface area contributed by atoms with Crippen LogP contribution < -0.4 is 5.73 Å². The lowest BCUT2D eigenvalue weighted by Crippen LogP contribution is -2.33. The van der Waals surface area contributed by atoms with Gasteiger partial charge in [-0.15, -0.1) is 0 Å². The van der Waals surface area contributed by atoms with E-state index in [-0.39, 0.29) is 6.61 Å². The van der Waals surface area contributed by atoms with Crippen LogP contribution in [0, 0.1) is 0 Å². The van der Waals surface area contributed by atoms with Gasteiger partial charge in [0.2, 0.25) is 0 Å². The van der Waals surface area contributed by atoms with Crippen LogP contribution in [0.2, 0.25) is 0 Å². The van der Waals surface area contributed by atoms with Crippen LogP contribution in [-0.2, 0) is 11.2 Å². The minimum absolute atomic E-state index is 0.0358. The lowest BCUT2D eigenvalue weighted by molar-refractivity contribution is -0.0509. The maximum Gasteiger partial charge on any atom is 0.164 e. The van der Waals surface area contributed by atoms with Gasteiger partial charge in [0.05, 0.1) is 12.0 Å². The van der Waals surface area contributed by atoms with Crippen molar-refractivity contribution in [2.75, 3.05) is 18.9 Å². The van der Waals surface area contributed by atoms with Crippen molar-refractivity contribution in [2.45, 2.75) is 37.4 Å². The molecule has 23 heavy (non-hydrogen) atoms. The van der Waals surface area contributed by atoms with E-state index < -0.39 is 31.1 Å². The van der Waals surface area contributed by atoms with Crippen LogP contribution >= 0.6 is 0 Å². The van der Waals surface area contributed by atoms with E-state index in [9.17, 15) is 15.3 Å². The topological polar surface area (TPSA) is 147 Å². The Morgan fingerprint density at radius 1 is 1.22 bits per heavy atom. The Bertz CT molecular complexity index is 691. The van der Waals surface area contributed by atoms with Gasteiger partial charge in [0, 0.05) is 12.8 Å². The van der Waals surface area contributed by atoms with Crippen LogP contribution in [-0.4, -0.2) is 66.5 Å². The highest BCUT2D eigenvalue weighted by Gasteiger charge is 2.44. The van der Waals surface area contributed by atoms with Crippen molar-refractivity contribution in [1.29, 1.82) is 0 Å². The molecule has 2 aromatic heterocycles. The molecule has 3 rings (SSSR count). The van der Waals surface area contributed by atoms with E-state index in [1.165, 1.54) is 6.33 Å². The minimum atomic E-state index is -1.20. The number of aryl methyl sites for hydroxylation is 1. The van der Waals surface area contributed by atoms with Gasteiger partial charge in [-0.3, -0.25) is 0 Å². The molecule has 6 N–H and O–H groups in total. The summed E-state index contributed by atoms with van der Waals surface area (Å²) in [5.41, 5.74) is 7.23. The average Bonchev–Trinajstić information content (AvgIpc) is 3.05. The standard InChI is InChI=1S/C14H20N4O5/c15-12-9-7(2-1-3-19)4-18(13(9)17-6-16-12)14-11(22)10(21)8(5-20)23-14/h4,6,8,10-11,14,19-22H,1-3,5H2,(H2,15,16,17). The van der Waals surface area contributed by atoms with Gasteiger partial charge >= 0.3 is 0 Å². The molecule has 3 heterocycles. The molecule has 0 radical (unpaired) electrons. The zero-order valence-corrected chi connectivity index (χ0v) is 12.4. The largest absolute Gasteiger partial charge is 0.396 e. The van der Waals surface area contributed by atoms with E-state index in [1.807, 2.05) is 0 Å². The molecule has 9 nitrogen and oxygen atoms in total. The molecule has 9 heteroatoms. The number of nitrogen functional groups attached to an aromatic ring is 1. The number of rotatable bonds is 5. The highest BCUT2D eigenvalue weighted by Crippen LogP contribution is 2.34. The molecule has 0 aromatic carbocycles. The van der Waals surface area contributed by atoms with Gasteiger partial charge in [0.15, 0.2) is 6.23 Å². The number of nitrogens with two attached hydrogens (primary N) is 1. The van der Waals surface area contributed by atoms with Gasteiger partial charge < -0.3 is 35.5 Å². The number of anilines is 1. The fourth-order valence-electron chi connectivity index (χ4n) is 2.95. The van der Waals surface area contributed by atoms with Crippen molar-refractivity contribution in [1.82, 2.24) is 14.5 Å². The summed E-state index contributed by atoms with van der Waals surface area (Å²) < 4.78 is 7.14. The number of ether oxygens (including phenoxy) is 1. The molecule has 0 aliphatic carbocycles. The number of aliphatic hydroxyl groups excluding tert-OH is 4. The Balaban J connectivity index is 2.06. The van der Waals surface area contributed by atoms with Crippen LogP contribution in [0.1, 0.15) is 18.2 Å². The van der Waals surface area contributed by atoms with Gasteiger partial charge in [0.1, 0.15) is 36.1 Å². The maximum atomic E-state index is 10.2. The third-order valence-electron chi connectivity index (χ3n) is 4.11. The molecular formula is C14H20N4O5. The van der Waals surface area contributed by atoms with Crippen molar-refractivity contribution in [2.24, 2.45) is 0 Å². The molecule has 1 aliphatic heterocycles. The summed E-state index contributed by atoms with van der Waals surface area (Å²) in [6.07, 6.45) is -0.00575. The van der Waals surface area contributed by atoms with Gasteiger partial charge in [-0.25, -0.2) is 9.97 Å². The normalized spacial score (nSPS) is 27.8. The Morgan fingerprint density at radius 2 is 2.00 bits per heavy atom. The summed E-state index contributed by atoms with van der Waals surface area (Å²) in [6.45, 7) is -0.365. The molecule has 126 valence electrons. The molecule has 0 amide bonds. The van der Waals surface area contributed by atoms with E-state index in [4.69, 9.17) is 15.6 Å². The molecule has 4 atom stereocenters. The number of nitrogens with zero attached hydrogens (tertiary/aromatic N) is 3. The predicted octanol–water partition coefficient (Wildman–Crippen LogP) is -1.45.